The van der Waals surface area contributed by atoms with Crippen LogP contribution in [0.5, 0.6) is 0 Å². The Morgan fingerprint density at radius 3 is 2.05 bits per heavy atom. The summed E-state index contributed by atoms with van der Waals surface area (Å²) in [5.41, 5.74) is 2.05. The van der Waals surface area contributed by atoms with Crippen molar-refractivity contribution in [1.29, 1.82) is 0 Å². The maximum Gasteiger partial charge on any atom is 0.407 e. The minimum atomic E-state index is -0.764. The third-order valence-electron chi connectivity index (χ3n) is 5.51. The van der Waals surface area contributed by atoms with Crippen LogP contribution in [0.25, 0.3) is 5.57 Å². The molecule has 0 fully saturated rings. The van der Waals surface area contributed by atoms with Crippen LogP contribution in [0.1, 0.15) is 67.2 Å². The highest BCUT2D eigenvalue weighted by atomic mass is 32.1. The molecule has 0 atom stereocenters. The largest absolute Gasteiger partial charge is 0.454 e. The first kappa shape index (κ1) is 31.5. The van der Waals surface area contributed by atoms with Gasteiger partial charge in [0.25, 0.3) is 5.91 Å². The van der Waals surface area contributed by atoms with Crippen molar-refractivity contribution in [3.8, 4) is 0 Å². The van der Waals surface area contributed by atoms with Gasteiger partial charge < -0.3 is 20.1 Å². The standard InChI is InChI=1S/C30H38N2O6S/c1-18(2)25(28(35)37-17-24(33)22-12-10-9-11-13-22)26(20(4)23-16-19(3)39-21(23)5)27(34)31-14-15-32-29(36)38-30(6,7)8/h9-13,16H,14-15,17H2,1-8H3,(H,31,34)(H,32,36)/b26-20-. The quantitative estimate of drug-likeness (QED) is 0.131. The molecule has 0 saturated heterocycles. The van der Waals surface area contributed by atoms with Gasteiger partial charge in [-0.2, -0.15) is 0 Å². The predicted octanol–water partition coefficient (Wildman–Crippen LogP) is 5.54. The summed E-state index contributed by atoms with van der Waals surface area (Å²) in [5, 5.41) is 5.38. The van der Waals surface area contributed by atoms with Gasteiger partial charge in [-0.15, -0.1) is 11.3 Å². The van der Waals surface area contributed by atoms with Gasteiger partial charge >= 0.3 is 12.1 Å². The van der Waals surface area contributed by atoms with Gasteiger partial charge in [-0.1, -0.05) is 35.9 Å². The molecule has 210 valence electrons. The first-order valence-electron chi connectivity index (χ1n) is 12.7. The average molecular weight is 555 g/mol. The van der Waals surface area contributed by atoms with E-state index in [1.54, 1.807) is 83.2 Å². The lowest BCUT2D eigenvalue weighted by Crippen LogP contribution is -2.38. The van der Waals surface area contributed by atoms with Crippen LogP contribution in [0.4, 0.5) is 4.79 Å². The van der Waals surface area contributed by atoms with E-state index in [0.29, 0.717) is 16.7 Å². The average Bonchev–Trinajstić information content (AvgIpc) is 3.19. The first-order valence-corrected chi connectivity index (χ1v) is 13.5. The zero-order chi connectivity index (χ0) is 29.3. The Labute approximate surface area is 234 Å². The number of nitrogens with one attached hydrogen (secondary N) is 2. The lowest BCUT2D eigenvalue weighted by molar-refractivity contribution is -0.138. The number of alkyl carbamates (subject to hydrolysis) is 1. The number of carbonyl (C=O) groups excluding carboxylic acids is 4. The van der Waals surface area contributed by atoms with Crippen LogP contribution in [0.2, 0.25) is 0 Å². The Kier molecular flexibility index (Phi) is 11.2. The van der Waals surface area contributed by atoms with Crippen LogP contribution >= 0.6 is 11.3 Å². The topological polar surface area (TPSA) is 111 Å². The number of rotatable bonds is 10. The van der Waals surface area contributed by atoms with Gasteiger partial charge in [0, 0.05) is 28.4 Å². The SMILES string of the molecule is CC(C)=C(C(=O)OCC(=O)c1ccccc1)/C(C(=O)NCCNC(=O)OC(C)(C)C)=C(\C)c1cc(C)sc1C. The third-order valence-corrected chi connectivity index (χ3v) is 6.48. The molecule has 9 heteroatoms. The van der Waals surface area contributed by atoms with Crippen molar-refractivity contribution in [2.45, 2.75) is 61.0 Å². The van der Waals surface area contributed by atoms with Crippen molar-refractivity contribution in [1.82, 2.24) is 10.6 Å². The fraction of sp³-hybridized carbons (Fsp3) is 0.400. The molecule has 39 heavy (non-hydrogen) atoms. The van der Waals surface area contributed by atoms with Crippen molar-refractivity contribution < 1.29 is 28.7 Å². The van der Waals surface area contributed by atoms with Crippen molar-refractivity contribution in [2.75, 3.05) is 19.7 Å². The molecule has 0 saturated carbocycles. The molecule has 1 aromatic carbocycles. The number of Topliss-reactive ketones (excluding diaryl/α,β-unsaturated/α-hetero) is 1. The molecular weight excluding hydrogens is 516 g/mol. The number of esters is 1. The summed E-state index contributed by atoms with van der Waals surface area (Å²) in [4.78, 5) is 53.4. The van der Waals surface area contributed by atoms with Crippen LogP contribution in [-0.2, 0) is 19.1 Å². The van der Waals surface area contributed by atoms with Crippen LogP contribution < -0.4 is 10.6 Å². The molecule has 2 aromatic rings. The highest BCUT2D eigenvalue weighted by molar-refractivity contribution is 7.12. The smallest absolute Gasteiger partial charge is 0.407 e. The van der Waals surface area contributed by atoms with E-state index in [2.05, 4.69) is 10.6 Å². The van der Waals surface area contributed by atoms with Crippen LogP contribution in [0, 0.1) is 13.8 Å². The molecular formula is C30H38N2O6S. The lowest BCUT2D eigenvalue weighted by atomic mass is 9.92. The Morgan fingerprint density at radius 1 is 0.897 bits per heavy atom. The molecule has 2 rings (SSSR count). The number of ketones is 1. The van der Waals surface area contributed by atoms with Gasteiger partial charge in [-0.3, -0.25) is 9.59 Å². The maximum absolute atomic E-state index is 13.5. The fourth-order valence-electron chi connectivity index (χ4n) is 3.82. The van der Waals surface area contributed by atoms with Crippen molar-refractivity contribution >= 4 is 40.7 Å². The Balaban J connectivity index is 2.31. The summed E-state index contributed by atoms with van der Waals surface area (Å²) in [6.07, 6.45) is -0.593. The summed E-state index contributed by atoms with van der Waals surface area (Å²) in [7, 11) is 0. The molecule has 0 radical (unpaired) electrons. The lowest BCUT2D eigenvalue weighted by Gasteiger charge is -2.20. The molecule has 0 bridgehead atoms. The second-order valence-corrected chi connectivity index (χ2v) is 11.7. The normalized spacial score (nSPS) is 11.7. The molecule has 1 aromatic heterocycles. The van der Waals surface area contributed by atoms with Gasteiger partial charge in [0.2, 0.25) is 0 Å². The highest BCUT2D eigenvalue weighted by Gasteiger charge is 2.28. The van der Waals surface area contributed by atoms with E-state index in [4.69, 9.17) is 9.47 Å². The monoisotopic (exact) mass is 554 g/mol. The Morgan fingerprint density at radius 2 is 1.51 bits per heavy atom. The molecule has 0 aliphatic heterocycles. The van der Waals surface area contributed by atoms with E-state index >= 15 is 0 Å². The summed E-state index contributed by atoms with van der Waals surface area (Å²) in [5.74, 6) is -1.61. The summed E-state index contributed by atoms with van der Waals surface area (Å²) in [6.45, 7) is 14.2. The number of ether oxygens (including phenoxy) is 2. The first-order chi connectivity index (χ1) is 18.2. The molecule has 0 spiro atoms. The van der Waals surface area contributed by atoms with E-state index in [1.165, 1.54) is 0 Å². The second-order valence-electron chi connectivity index (χ2n) is 10.3. The second kappa shape index (κ2) is 13.9. The third kappa shape index (κ3) is 9.51. The van der Waals surface area contributed by atoms with Crippen LogP contribution in [0.3, 0.4) is 0 Å². The Hall–Kier alpha value is -3.72. The number of hydrogen-bond donors (Lipinski definition) is 2. The number of carbonyl (C=O) groups is 4. The molecule has 2 amide bonds. The number of hydrogen-bond acceptors (Lipinski definition) is 7. The molecule has 2 N–H and O–H groups in total. The number of amides is 2. The van der Waals surface area contributed by atoms with Crippen molar-refractivity contribution in [3.63, 3.8) is 0 Å². The van der Waals surface area contributed by atoms with Gasteiger partial charge in [0.05, 0.1) is 11.1 Å². The van der Waals surface area contributed by atoms with Crippen molar-refractivity contribution in [2.24, 2.45) is 0 Å². The number of thiophene rings is 1. The van der Waals surface area contributed by atoms with Gasteiger partial charge in [-0.05, 0) is 72.6 Å². The van der Waals surface area contributed by atoms with Gasteiger partial charge in [0.15, 0.2) is 12.4 Å². The van der Waals surface area contributed by atoms with Gasteiger partial charge in [-0.25, -0.2) is 9.59 Å². The zero-order valence-corrected chi connectivity index (χ0v) is 24.8. The maximum atomic E-state index is 13.5. The number of benzene rings is 1. The molecule has 0 aliphatic carbocycles. The summed E-state index contributed by atoms with van der Waals surface area (Å²) in [6, 6.07) is 10.5. The van der Waals surface area contributed by atoms with E-state index in [0.717, 1.165) is 15.3 Å². The minimum Gasteiger partial charge on any atom is -0.454 e. The Bertz CT molecular complexity index is 1280. The number of aryl methyl sites for hydroxylation is 2. The van der Waals surface area contributed by atoms with E-state index in [-0.39, 0.29) is 30.0 Å². The fourth-order valence-corrected chi connectivity index (χ4v) is 4.80. The van der Waals surface area contributed by atoms with Gasteiger partial charge in [0.1, 0.15) is 5.60 Å². The van der Waals surface area contributed by atoms with E-state index < -0.39 is 30.2 Å². The van der Waals surface area contributed by atoms with Crippen LogP contribution in [-0.4, -0.2) is 49.1 Å². The minimum absolute atomic E-state index is 0.0919. The highest BCUT2D eigenvalue weighted by Crippen LogP contribution is 2.32. The summed E-state index contributed by atoms with van der Waals surface area (Å²) < 4.78 is 10.6. The number of allylic oxidation sites excluding steroid dienone is 2. The molecule has 1 heterocycles. The molecule has 0 aliphatic rings. The van der Waals surface area contributed by atoms with E-state index in [1.807, 2.05) is 19.9 Å². The molecule has 0 unspecified atom stereocenters. The predicted molar refractivity (Wildman–Crippen MR) is 154 cm³/mol. The van der Waals surface area contributed by atoms with E-state index in [9.17, 15) is 19.2 Å². The summed E-state index contributed by atoms with van der Waals surface area (Å²) >= 11 is 1.59. The molecule has 8 nitrogen and oxygen atoms in total. The van der Waals surface area contributed by atoms with Crippen LogP contribution in [0.15, 0.2) is 53.1 Å². The van der Waals surface area contributed by atoms with Crippen molar-refractivity contribution in [3.05, 3.63) is 74.0 Å². The zero-order valence-electron chi connectivity index (χ0n) is 23.9.